The van der Waals surface area contributed by atoms with E-state index in [4.69, 9.17) is 4.74 Å². The Labute approximate surface area is 121 Å². The fourth-order valence-electron chi connectivity index (χ4n) is 2.67. The molecule has 3 nitrogen and oxygen atoms in total. The molecule has 110 valence electrons. The number of carbonyl (C=O) groups excluding carboxylic acids is 1. The van der Waals surface area contributed by atoms with Crippen LogP contribution in [0, 0.1) is 5.92 Å². The zero-order chi connectivity index (χ0) is 14.6. The smallest absolute Gasteiger partial charge is 0.410 e. The topological polar surface area (TPSA) is 29.5 Å². The zero-order valence-electron chi connectivity index (χ0n) is 12.8. The Kier molecular flexibility index (Phi) is 4.69. The number of likely N-dealkylation sites (tertiary alicyclic amines) is 1. The molecule has 1 aromatic rings. The number of carbonyl (C=O) groups is 1. The van der Waals surface area contributed by atoms with Gasteiger partial charge in [-0.1, -0.05) is 30.3 Å². The summed E-state index contributed by atoms with van der Waals surface area (Å²) in [5, 5.41) is 0. The number of rotatable bonds is 2. The first-order valence-corrected chi connectivity index (χ1v) is 7.46. The summed E-state index contributed by atoms with van der Waals surface area (Å²) in [4.78, 5) is 14.0. The average Bonchev–Trinajstić information content (AvgIpc) is 2.38. The van der Waals surface area contributed by atoms with E-state index in [2.05, 4.69) is 24.3 Å². The summed E-state index contributed by atoms with van der Waals surface area (Å²) in [6.45, 7) is 7.37. The summed E-state index contributed by atoms with van der Waals surface area (Å²) in [7, 11) is 0. The molecule has 1 atom stereocenters. The van der Waals surface area contributed by atoms with E-state index in [-0.39, 0.29) is 6.09 Å². The predicted octanol–water partition coefficient (Wildman–Crippen LogP) is 3.88. The molecule has 0 N–H and O–H groups in total. The second-order valence-corrected chi connectivity index (χ2v) is 6.62. The van der Waals surface area contributed by atoms with Gasteiger partial charge in [0.2, 0.25) is 0 Å². The molecule has 3 heteroatoms. The largest absolute Gasteiger partial charge is 0.444 e. The summed E-state index contributed by atoms with van der Waals surface area (Å²) in [6, 6.07) is 10.5. The number of nitrogens with zero attached hydrogens (tertiary/aromatic N) is 1. The van der Waals surface area contributed by atoms with Gasteiger partial charge in [0, 0.05) is 13.1 Å². The van der Waals surface area contributed by atoms with Gasteiger partial charge in [0.1, 0.15) is 5.60 Å². The quantitative estimate of drug-likeness (QED) is 0.820. The Morgan fingerprint density at radius 1 is 1.30 bits per heavy atom. The Balaban J connectivity index is 1.90. The van der Waals surface area contributed by atoms with Crippen LogP contribution in [0.3, 0.4) is 0 Å². The summed E-state index contributed by atoms with van der Waals surface area (Å²) in [6.07, 6.45) is 3.13. The van der Waals surface area contributed by atoms with Gasteiger partial charge in [-0.3, -0.25) is 0 Å². The van der Waals surface area contributed by atoms with Crippen LogP contribution in [-0.4, -0.2) is 29.7 Å². The van der Waals surface area contributed by atoms with Gasteiger partial charge in [0.05, 0.1) is 0 Å². The normalized spacial score (nSPS) is 19.8. The van der Waals surface area contributed by atoms with Gasteiger partial charge in [-0.15, -0.1) is 0 Å². The van der Waals surface area contributed by atoms with Crippen LogP contribution in [0.2, 0.25) is 0 Å². The van der Waals surface area contributed by atoms with Crippen molar-refractivity contribution in [2.24, 2.45) is 5.92 Å². The first-order chi connectivity index (χ1) is 9.44. The number of piperidine rings is 1. The molecule has 0 aliphatic carbocycles. The van der Waals surface area contributed by atoms with Crippen molar-refractivity contribution >= 4 is 6.09 Å². The fraction of sp³-hybridized carbons (Fsp3) is 0.588. The van der Waals surface area contributed by atoms with E-state index in [0.717, 1.165) is 25.9 Å². The molecule has 0 aromatic heterocycles. The molecule has 0 saturated carbocycles. The highest BCUT2D eigenvalue weighted by atomic mass is 16.6. The van der Waals surface area contributed by atoms with Crippen LogP contribution in [0.1, 0.15) is 39.2 Å². The second-order valence-electron chi connectivity index (χ2n) is 6.62. The van der Waals surface area contributed by atoms with E-state index >= 15 is 0 Å². The van der Waals surface area contributed by atoms with Gasteiger partial charge in [0.25, 0.3) is 0 Å². The van der Waals surface area contributed by atoms with E-state index in [1.165, 1.54) is 12.0 Å². The van der Waals surface area contributed by atoms with Crippen LogP contribution >= 0.6 is 0 Å². The lowest BCUT2D eigenvalue weighted by atomic mass is 9.91. The van der Waals surface area contributed by atoms with Crippen LogP contribution in [0.5, 0.6) is 0 Å². The van der Waals surface area contributed by atoms with E-state index < -0.39 is 5.60 Å². The number of benzene rings is 1. The molecule has 20 heavy (non-hydrogen) atoms. The van der Waals surface area contributed by atoms with Gasteiger partial charge >= 0.3 is 6.09 Å². The monoisotopic (exact) mass is 275 g/mol. The third-order valence-corrected chi connectivity index (χ3v) is 3.54. The van der Waals surface area contributed by atoms with Crippen molar-refractivity contribution in [1.29, 1.82) is 0 Å². The van der Waals surface area contributed by atoms with Gasteiger partial charge < -0.3 is 9.64 Å². The third-order valence-electron chi connectivity index (χ3n) is 3.54. The molecular weight excluding hydrogens is 250 g/mol. The summed E-state index contributed by atoms with van der Waals surface area (Å²) in [5.74, 6) is 0.540. The van der Waals surface area contributed by atoms with E-state index in [0.29, 0.717) is 5.92 Å². The molecule has 1 amide bonds. The minimum atomic E-state index is -0.413. The molecule has 0 radical (unpaired) electrons. The fourth-order valence-corrected chi connectivity index (χ4v) is 2.67. The minimum absolute atomic E-state index is 0.171. The number of hydrogen-bond donors (Lipinski definition) is 0. The molecule has 1 aromatic carbocycles. The highest BCUT2D eigenvalue weighted by molar-refractivity contribution is 5.68. The number of hydrogen-bond acceptors (Lipinski definition) is 2. The summed E-state index contributed by atoms with van der Waals surface area (Å²) in [5.41, 5.74) is 0.937. The first kappa shape index (κ1) is 14.9. The molecule has 1 aliphatic rings. The number of ether oxygens (including phenoxy) is 1. The molecular formula is C17H25NO2. The molecule has 1 aliphatic heterocycles. The second kappa shape index (κ2) is 6.29. The van der Waals surface area contributed by atoms with E-state index in [1.807, 2.05) is 31.7 Å². The Hall–Kier alpha value is -1.51. The molecule has 2 rings (SSSR count). The molecule has 0 unspecified atom stereocenters. The van der Waals surface area contributed by atoms with Crippen molar-refractivity contribution in [3.8, 4) is 0 Å². The lowest BCUT2D eigenvalue weighted by molar-refractivity contribution is 0.0166. The van der Waals surface area contributed by atoms with Crippen LogP contribution in [-0.2, 0) is 11.2 Å². The highest BCUT2D eigenvalue weighted by Crippen LogP contribution is 2.22. The van der Waals surface area contributed by atoms with Crippen LogP contribution in [0.25, 0.3) is 0 Å². The highest BCUT2D eigenvalue weighted by Gasteiger charge is 2.27. The Morgan fingerprint density at radius 2 is 2.00 bits per heavy atom. The maximum atomic E-state index is 12.1. The van der Waals surface area contributed by atoms with E-state index in [1.54, 1.807) is 0 Å². The predicted molar refractivity (Wildman–Crippen MR) is 80.7 cm³/mol. The SMILES string of the molecule is CC(C)(C)OC(=O)N1CCC[C@@H](Cc2ccccc2)C1. The van der Waals surface area contributed by atoms with Crippen molar-refractivity contribution in [3.63, 3.8) is 0 Å². The van der Waals surface area contributed by atoms with Crippen LogP contribution in [0.15, 0.2) is 30.3 Å². The van der Waals surface area contributed by atoms with Crippen molar-refractivity contribution < 1.29 is 9.53 Å². The van der Waals surface area contributed by atoms with Crippen molar-refractivity contribution in [3.05, 3.63) is 35.9 Å². The lowest BCUT2D eigenvalue weighted by Gasteiger charge is -2.34. The number of amides is 1. The molecule has 1 saturated heterocycles. The average molecular weight is 275 g/mol. The lowest BCUT2D eigenvalue weighted by Crippen LogP contribution is -2.43. The molecule has 1 fully saturated rings. The zero-order valence-corrected chi connectivity index (χ0v) is 12.8. The Morgan fingerprint density at radius 3 is 2.65 bits per heavy atom. The van der Waals surface area contributed by atoms with Crippen LogP contribution < -0.4 is 0 Å². The van der Waals surface area contributed by atoms with Gasteiger partial charge in [-0.25, -0.2) is 4.79 Å². The van der Waals surface area contributed by atoms with Crippen molar-refractivity contribution in [2.75, 3.05) is 13.1 Å². The van der Waals surface area contributed by atoms with E-state index in [9.17, 15) is 4.79 Å². The van der Waals surface area contributed by atoms with Gasteiger partial charge in [-0.2, -0.15) is 0 Å². The maximum Gasteiger partial charge on any atom is 0.410 e. The first-order valence-electron chi connectivity index (χ1n) is 7.46. The van der Waals surface area contributed by atoms with Crippen LogP contribution in [0.4, 0.5) is 4.79 Å². The van der Waals surface area contributed by atoms with Gasteiger partial charge in [0.15, 0.2) is 0 Å². The van der Waals surface area contributed by atoms with Crippen molar-refractivity contribution in [2.45, 2.75) is 45.6 Å². The molecule has 0 spiro atoms. The van der Waals surface area contributed by atoms with Crippen molar-refractivity contribution in [1.82, 2.24) is 4.90 Å². The standard InChI is InChI=1S/C17H25NO2/c1-17(2,3)20-16(19)18-11-7-10-15(13-18)12-14-8-5-4-6-9-14/h4-6,8-9,15H,7,10-13H2,1-3H3/t15-/m0/s1. The molecule has 1 heterocycles. The Bertz CT molecular complexity index is 436. The molecule has 0 bridgehead atoms. The summed E-state index contributed by atoms with van der Waals surface area (Å²) >= 11 is 0. The maximum absolute atomic E-state index is 12.1. The van der Waals surface area contributed by atoms with Gasteiger partial charge in [-0.05, 0) is 51.5 Å². The summed E-state index contributed by atoms with van der Waals surface area (Å²) < 4.78 is 5.46. The third kappa shape index (κ3) is 4.55. The minimum Gasteiger partial charge on any atom is -0.444 e.